The van der Waals surface area contributed by atoms with E-state index in [1.807, 2.05) is 0 Å². The van der Waals surface area contributed by atoms with E-state index in [0.29, 0.717) is 12.1 Å². The average molecular weight is 300 g/mol. The molecule has 21 heavy (non-hydrogen) atoms. The molecule has 112 valence electrons. The lowest BCUT2D eigenvalue weighted by Gasteiger charge is -2.17. The van der Waals surface area contributed by atoms with Gasteiger partial charge in [-0.2, -0.15) is 0 Å². The molecule has 0 spiro atoms. The standard InChI is InChI=1S/C12H10F2N2O5/c1-21-12(18)6-2-10(17)15(5-6)11-8(13)3-7(16(19)20)4-9(11)14/h3-4,6H,2,5H2,1H3. The number of non-ortho nitro benzene ring substituents is 1. The summed E-state index contributed by atoms with van der Waals surface area (Å²) in [4.78, 5) is 33.5. The number of carbonyl (C=O) groups excluding carboxylic acids is 2. The van der Waals surface area contributed by atoms with Crippen LogP contribution < -0.4 is 4.90 Å². The molecular formula is C12H10F2N2O5. The summed E-state index contributed by atoms with van der Waals surface area (Å²) in [5.74, 6) is -4.61. The molecule has 0 aliphatic carbocycles. The maximum Gasteiger partial charge on any atom is 0.311 e. The minimum absolute atomic E-state index is 0.234. The van der Waals surface area contributed by atoms with Crippen LogP contribution in [0.1, 0.15) is 6.42 Å². The predicted molar refractivity (Wildman–Crippen MR) is 65.5 cm³/mol. The van der Waals surface area contributed by atoms with E-state index in [1.165, 1.54) is 0 Å². The molecule has 0 aromatic heterocycles. The van der Waals surface area contributed by atoms with Gasteiger partial charge >= 0.3 is 5.97 Å². The molecule has 1 aliphatic rings. The van der Waals surface area contributed by atoms with Crippen LogP contribution in [0.4, 0.5) is 20.2 Å². The Labute approximate surface area is 117 Å². The van der Waals surface area contributed by atoms with Crippen LogP contribution in [-0.4, -0.2) is 30.5 Å². The summed E-state index contributed by atoms with van der Waals surface area (Å²) in [5, 5.41) is 10.5. The summed E-state index contributed by atoms with van der Waals surface area (Å²) in [7, 11) is 1.14. The molecule has 1 amide bonds. The Hall–Kier alpha value is -2.58. The molecule has 7 nitrogen and oxygen atoms in total. The molecule has 1 atom stereocenters. The SMILES string of the molecule is COC(=O)C1CC(=O)N(c2c(F)cc([N+](=O)[O-])cc2F)C1. The molecular weight excluding hydrogens is 290 g/mol. The maximum absolute atomic E-state index is 13.9. The largest absolute Gasteiger partial charge is 0.469 e. The minimum Gasteiger partial charge on any atom is -0.469 e. The molecule has 9 heteroatoms. The Morgan fingerprint density at radius 2 is 2.00 bits per heavy atom. The van der Waals surface area contributed by atoms with Crippen LogP contribution in [0, 0.1) is 27.7 Å². The molecule has 1 aliphatic heterocycles. The van der Waals surface area contributed by atoms with E-state index >= 15 is 0 Å². The number of anilines is 1. The van der Waals surface area contributed by atoms with Gasteiger partial charge in [0.05, 0.1) is 30.1 Å². The summed E-state index contributed by atoms with van der Waals surface area (Å²) in [6.07, 6.45) is -0.234. The van der Waals surface area contributed by atoms with Crippen LogP contribution in [-0.2, 0) is 14.3 Å². The van der Waals surface area contributed by atoms with Crippen molar-refractivity contribution in [1.82, 2.24) is 0 Å². The van der Waals surface area contributed by atoms with E-state index in [1.54, 1.807) is 0 Å². The van der Waals surface area contributed by atoms with Crippen LogP contribution in [0.15, 0.2) is 12.1 Å². The Morgan fingerprint density at radius 1 is 1.43 bits per heavy atom. The number of halogens is 2. The number of benzene rings is 1. The topological polar surface area (TPSA) is 89.8 Å². The third-order valence-electron chi connectivity index (χ3n) is 3.14. The Morgan fingerprint density at radius 3 is 2.48 bits per heavy atom. The molecule has 2 rings (SSSR count). The number of ether oxygens (including phenoxy) is 1. The Kier molecular flexibility index (Phi) is 3.83. The van der Waals surface area contributed by atoms with Crippen molar-refractivity contribution in [2.24, 2.45) is 5.92 Å². The number of hydrogen-bond acceptors (Lipinski definition) is 5. The second-order valence-electron chi connectivity index (χ2n) is 4.44. The summed E-state index contributed by atoms with van der Waals surface area (Å²) in [6.45, 7) is -0.239. The Bertz CT molecular complexity index is 611. The molecule has 0 bridgehead atoms. The quantitative estimate of drug-likeness (QED) is 0.478. The van der Waals surface area contributed by atoms with Gasteiger partial charge in [-0.1, -0.05) is 0 Å². The normalized spacial score (nSPS) is 18.0. The van der Waals surface area contributed by atoms with Gasteiger partial charge < -0.3 is 9.64 Å². The van der Waals surface area contributed by atoms with Crippen molar-refractivity contribution in [1.29, 1.82) is 0 Å². The van der Waals surface area contributed by atoms with Gasteiger partial charge in [-0.25, -0.2) is 8.78 Å². The van der Waals surface area contributed by atoms with Crippen molar-refractivity contribution in [3.05, 3.63) is 33.9 Å². The number of carbonyl (C=O) groups is 2. The van der Waals surface area contributed by atoms with Crippen LogP contribution in [0.25, 0.3) is 0 Å². The van der Waals surface area contributed by atoms with Gasteiger partial charge in [-0.15, -0.1) is 0 Å². The van der Waals surface area contributed by atoms with E-state index < -0.39 is 45.7 Å². The minimum atomic E-state index is -1.24. The number of nitro groups is 1. The van der Waals surface area contributed by atoms with Gasteiger partial charge in [0, 0.05) is 13.0 Å². The zero-order chi connectivity index (χ0) is 15.7. The van der Waals surface area contributed by atoms with Gasteiger partial charge in [-0.05, 0) is 0 Å². The van der Waals surface area contributed by atoms with Crippen LogP contribution >= 0.6 is 0 Å². The number of hydrogen-bond donors (Lipinski definition) is 0. The van der Waals surface area contributed by atoms with Crippen LogP contribution in [0.3, 0.4) is 0 Å². The van der Waals surface area contributed by atoms with Crippen molar-refractivity contribution < 1.29 is 28.0 Å². The van der Waals surface area contributed by atoms with Crippen molar-refractivity contribution >= 4 is 23.3 Å². The lowest BCUT2D eigenvalue weighted by Crippen LogP contribution is -2.28. The van der Waals surface area contributed by atoms with E-state index in [-0.39, 0.29) is 13.0 Å². The van der Waals surface area contributed by atoms with Crippen molar-refractivity contribution in [2.45, 2.75) is 6.42 Å². The first-order chi connectivity index (χ1) is 9.85. The first-order valence-corrected chi connectivity index (χ1v) is 5.86. The molecule has 1 unspecified atom stereocenters. The number of esters is 1. The summed E-state index contributed by atoms with van der Waals surface area (Å²) < 4.78 is 32.2. The molecule has 0 N–H and O–H groups in total. The van der Waals surface area contributed by atoms with Gasteiger partial charge in [0.25, 0.3) is 5.69 Å². The third-order valence-corrected chi connectivity index (χ3v) is 3.14. The molecule has 1 fully saturated rings. The van der Waals surface area contributed by atoms with Crippen LogP contribution in [0.5, 0.6) is 0 Å². The predicted octanol–water partition coefficient (Wildman–Crippen LogP) is 1.40. The van der Waals surface area contributed by atoms with Crippen molar-refractivity contribution in [3.63, 3.8) is 0 Å². The fraction of sp³-hybridized carbons (Fsp3) is 0.333. The molecule has 1 heterocycles. The Balaban J connectivity index is 2.37. The highest BCUT2D eigenvalue weighted by molar-refractivity contribution is 5.99. The highest BCUT2D eigenvalue weighted by Crippen LogP contribution is 2.32. The molecule has 0 radical (unpaired) electrons. The smallest absolute Gasteiger partial charge is 0.311 e. The molecule has 1 aromatic carbocycles. The highest BCUT2D eigenvalue weighted by atomic mass is 19.1. The monoisotopic (exact) mass is 300 g/mol. The number of methoxy groups -OCH3 is 1. The fourth-order valence-electron chi connectivity index (χ4n) is 2.16. The van der Waals surface area contributed by atoms with Gasteiger partial charge in [0.15, 0.2) is 11.6 Å². The van der Waals surface area contributed by atoms with Crippen LogP contribution in [0.2, 0.25) is 0 Å². The third kappa shape index (κ3) is 2.67. The zero-order valence-electron chi connectivity index (χ0n) is 10.8. The summed E-state index contributed by atoms with van der Waals surface area (Å²) >= 11 is 0. The average Bonchev–Trinajstić information content (AvgIpc) is 2.79. The lowest BCUT2D eigenvalue weighted by molar-refractivity contribution is -0.385. The van der Waals surface area contributed by atoms with E-state index in [9.17, 15) is 28.5 Å². The highest BCUT2D eigenvalue weighted by Gasteiger charge is 2.38. The lowest BCUT2D eigenvalue weighted by atomic mass is 10.1. The van der Waals surface area contributed by atoms with Crippen molar-refractivity contribution in [2.75, 3.05) is 18.6 Å². The fourth-order valence-corrected chi connectivity index (χ4v) is 2.16. The summed E-state index contributed by atoms with van der Waals surface area (Å²) in [6, 6.07) is 1.05. The first-order valence-electron chi connectivity index (χ1n) is 5.86. The number of nitrogens with zero attached hydrogens (tertiary/aromatic N) is 2. The first kappa shape index (κ1) is 14.8. The van der Waals surface area contributed by atoms with Crippen molar-refractivity contribution in [3.8, 4) is 0 Å². The number of rotatable bonds is 3. The van der Waals surface area contributed by atoms with E-state index in [2.05, 4.69) is 4.74 Å². The molecule has 1 saturated heterocycles. The second kappa shape index (κ2) is 5.43. The number of amides is 1. The second-order valence-corrected chi connectivity index (χ2v) is 4.44. The van der Waals surface area contributed by atoms with E-state index in [4.69, 9.17) is 0 Å². The molecule has 1 aromatic rings. The van der Waals surface area contributed by atoms with Gasteiger partial charge in [0.2, 0.25) is 5.91 Å². The summed E-state index contributed by atoms with van der Waals surface area (Å²) in [5.41, 5.74) is -1.46. The van der Waals surface area contributed by atoms with E-state index in [0.717, 1.165) is 12.0 Å². The maximum atomic E-state index is 13.9. The zero-order valence-corrected chi connectivity index (χ0v) is 10.8. The number of nitro benzene ring substituents is 1. The molecule has 0 saturated carbocycles. The van der Waals surface area contributed by atoms with Gasteiger partial charge in [0.1, 0.15) is 5.69 Å². The van der Waals surface area contributed by atoms with Gasteiger partial charge in [-0.3, -0.25) is 19.7 Å².